The summed E-state index contributed by atoms with van der Waals surface area (Å²) in [6.45, 7) is 3.77. The Balaban J connectivity index is 2.09. The molecule has 1 aliphatic rings. The van der Waals surface area contributed by atoms with Gasteiger partial charge in [-0.25, -0.2) is 4.90 Å². The molecule has 1 unspecified atom stereocenters. The van der Waals surface area contributed by atoms with E-state index >= 15 is 0 Å². The summed E-state index contributed by atoms with van der Waals surface area (Å²) in [6.07, 6.45) is 3.59. The fraction of sp³-hybridized carbons (Fsp3) is 0.238. The SMILES string of the molecule is C/C=C\c1cccc2c1OC(CC)C(=O)N2C(=O)c1ccc(OC)cc1. The molecule has 0 fully saturated rings. The molecule has 0 spiro atoms. The van der Waals surface area contributed by atoms with Crippen LogP contribution in [0.25, 0.3) is 6.08 Å². The van der Waals surface area contributed by atoms with Crippen molar-refractivity contribution in [2.45, 2.75) is 26.4 Å². The Hall–Kier alpha value is -3.08. The number of nitrogens with zero attached hydrogens (tertiary/aromatic N) is 1. The Kier molecular flexibility index (Phi) is 5.07. The quantitative estimate of drug-likeness (QED) is 0.779. The van der Waals surface area contributed by atoms with E-state index in [4.69, 9.17) is 9.47 Å². The maximum Gasteiger partial charge on any atom is 0.275 e. The first-order valence-corrected chi connectivity index (χ1v) is 8.55. The first-order chi connectivity index (χ1) is 12.6. The first kappa shape index (κ1) is 17.7. The number of carbonyl (C=O) groups excluding carboxylic acids is 2. The van der Waals surface area contributed by atoms with E-state index in [1.54, 1.807) is 37.4 Å². The largest absolute Gasteiger partial charge is 0.497 e. The van der Waals surface area contributed by atoms with Crippen LogP contribution in [0.15, 0.2) is 48.5 Å². The summed E-state index contributed by atoms with van der Waals surface area (Å²) >= 11 is 0. The molecule has 0 aliphatic carbocycles. The van der Waals surface area contributed by atoms with Crippen molar-refractivity contribution < 1.29 is 19.1 Å². The highest BCUT2D eigenvalue weighted by atomic mass is 16.5. The number of ether oxygens (including phenoxy) is 2. The van der Waals surface area contributed by atoms with Gasteiger partial charge in [0.05, 0.1) is 12.8 Å². The Morgan fingerprint density at radius 2 is 1.96 bits per heavy atom. The van der Waals surface area contributed by atoms with E-state index in [9.17, 15) is 9.59 Å². The minimum Gasteiger partial charge on any atom is -0.497 e. The molecule has 134 valence electrons. The number of fused-ring (bicyclic) bond motifs is 1. The third-order valence-corrected chi connectivity index (χ3v) is 4.28. The van der Waals surface area contributed by atoms with E-state index in [1.165, 1.54) is 4.90 Å². The van der Waals surface area contributed by atoms with Gasteiger partial charge in [-0.3, -0.25) is 9.59 Å². The summed E-state index contributed by atoms with van der Waals surface area (Å²) in [5, 5.41) is 0. The lowest BCUT2D eigenvalue weighted by Crippen LogP contribution is -2.48. The van der Waals surface area contributed by atoms with Crippen molar-refractivity contribution in [3.05, 3.63) is 59.7 Å². The minimum atomic E-state index is -0.684. The number of hydrogen-bond donors (Lipinski definition) is 0. The fourth-order valence-electron chi connectivity index (χ4n) is 2.94. The molecule has 0 saturated carbocycles. The molecule has 1 heterocycles. The summed E-state index contributed by atoms with van der Waals surface area (Å²) in [5.41, 5.74) is 1.72. The number of rotatable bonds is 4. The second-order valence-corrected chi connectivity index (χ2v) is 5.92. The normalized spacial score (nSPS) is 16.3. The van der Waals surface area contributed by atoms with Crippen molar-refractivity contribution in [1.29, 1.82) is 0 Å². The van der Waals surface area contributed by atoms with Crippen molar-refractivity contribution in [3.63, 3.8) is 0 Å². The summed E-state index contributed by atoms with van der Waals surface area (Å²) in [4.78, 5) is 27.2. The van der Waals surface area contributed by atoms with E-state index in [-0.39, 0.29) is 11.8 Å². The van der Waals surface area contributed by atoms with E-state index in [1.807, 2.05) is 38.1 Å². The zero-order chi connectivity index (χ0) is 18.7. The summed E-state index contributed by atoms with van der Waals surface area (Å²) in [6, 6.07) is 12.1. The number of allylic oxidation sites excluding steroid dienone is 1. The van der Waals surface area contributed by atoms with Crippen molar-refractivity contribution in [2.24, 2.45) is 0 Å². The highest BCUT2D eigenvalue weighted by Gasteiger charge is 2.38. The van der Waals surface area contributed by atoms with Crippen LogP contribution in [0.4, 0.5) is 5.69 Å². The molecule has 26 heavy (non-hydrogen) atoms. The third kappa shape index (κ3) is 3.08. The molecule has 1 aliphatic heterocycles. The van der Waals surface area contributed by atoms with Gasteiger partial charge >= 0.3 is 0 Å². The number of carbonyl (C=O) groups is 2. The average molecular weight is 351 g/mol. The Morgan fingerprint density at radius 1 is 1.23 bits per heavy atom. The highest BCUT2D eigenvalue weighted by Crippen LogP contribution is 2.39. The van der Waals surface area contributed by atoms with Gasteiger partial charge in [0.1, 0.15) is 5.75 Å². The molecule has 5 nitrogen and oxygen atoms in total. The fourth-order valence-corrected chi connectivity index (χ4v) is 2.94. The zero-order valence-electron chi connectivity index (χ0n) is 15.1. The Morgan fingerprint density at radius 3 is 2.58 bits per heavy atom. The lowest BCUT2D eigenvalue weighted by Gasteiger charge is -2.33. The molecule has 2 aromatic rings. The topological polar surface area (TPSA) is 55.8 Å². The van der Waals surface area contributed by atoms with Gasteiger partial charge in [0.25, 0.3) is 11.8 Å². The molecular weight excluding hydrogens is 330 g/mol. The van der Waals surface area contributed by atoms with E-state index in [0.29, 0.717) is 29.2 Å². The standard InChI is InChI=1S/C21H21NO4/c1-4-7-14-8-6-9-17-19(14)26-18(5-2)21(24)22(17)20(23)15-10-12-16(25-3)13-11-15/h4,6-13,18H,5H2,1-3H3/b7-4-. The molecule has 0 bridgehead atoms. The monoisotopic (exact) mass is 351 g/mol. The Labute approximate surface area is 152 Å². The van der Waals surface area contributed by atoms with Gasteiger partial charge in [-0.2, -0.15) is 0 Å². The lowest BCUT2D eigenvalue weighted by molar-refractivity contribution is -0.125. The third-order valence-electron chi connectivity index (χ3n) is 4.28. The van der Waals surface area contributed by atoms with Gasteiger partial charge < -0.3 is 9.47 Å². The summed E-state index contributed by atoms with van der Waals surface area (Å²) in [5.74, 6) is 0.479. The summed E-state index contributed by atoms with van der Waals surface area (Å²) < 4.78 is 11.0. The number of anilines is 1. The molecule has 5 heteroatoms. The van der Waals surface area contributed by atoms with E-state index in [2.05, 4.69) is 0 Å². The molecule has 0 N–H and O–H groups in total. The molecule has 0 radical (unpaired) electrons. The molecular formula is C21H21NO4. The van der Waals surface area contributed by atoms with Gasteiger partial charge in [-0.15, -0.1) is 0 Å². The molecule has 2 aromatic carbocycles. The number of imide groups is 1. The minimum absolute atomic E-state index is 0.349. The van der Waals surface area contributed by atoms with Crippen LogP contribution >= 0.6 is 0 Å². The number of benzene rings is 2. The van der Waals surface area contributed by atoms with Gasteiger partial charge in [0.15, 0.2) is 11.9 Å². The average Bonchev–Trinajstić information content (AvgIpc) is 2.67. The number of hydrogen-bond acceptors (Lipinski definition) is 4. The van der Waals surface area contributed by atoms with E-state index < -0.39 is 6.10 Å². The molecule has 2 amide bonds. The van der Waals surface area contributed by atoms with Crippen LogP contribution in [0.1, 0.15) is 36.2 Å². The molecule has 0 saturated heterocycles. The smallest absolute Gasteiger partial charge is 0.275 e. The number of methoxy groups -OCH3 is 1. The van der Waals surface area contributed by atoms with Crippen molar-refractivity contribution in [3.8, 4) is 11.5 Å². The van der Waals surface area contributed by atoms with Gasteiger partial charge in [-0.1, -0.05) is 31.2 Å². The Bertz CT molecular complexity index is 855. The van der Waals surface area contributed by atoms with Crippen LogP contribution in [0.2, 0.25) is 0 Å². The maximum atomic E-state index is 13.1. The van der Waals surface area contributed by atoms with Crippen molar-refractivity contribution in [1.82, 2.24) is 0 Å². The molecule has 3 rings (SSSR count). The van der Waals surface area contributed by atoms with Crippen molar-refractivity contribution in [2.75, 3.05) is 12.0 Å². The highest BCUT2D eigenvalue weighted by molar-refractivity contribution is 6.23. The van der Waals surface area contributed by atoms with Crippen LogP contribution in [-0.2, 0) is 4.79 Å². The zero-order valence-corrected chi connectivity index (χ0v) is 15.1. The van der Waals surface area contributed by atoms with Crippen molar-refractivity contribution >= 4 is 23.6 Å². The van der Waals surface area contributed by atoms with Gasteiger partial charge in [-0.05, 0) is 43.7 Å². The number of para-hydroxylation sites is 1. The molecule has 0 aromatic heterocycles. The second kappa shape index (κ2) is 7.44. The second-order valence-electron chi connectivity index (χ2n) is 5.92. The van der Waals surface area contributed by atoms with E-state index in [0.717, 1.165) is 5.56 Å². The van der Waals surface area contributed by atoms with Crippen LogP contribution < -0.4 is 14.4 Å². The lowest BCUT2D eigenvalue weighted by atomic mass is 10.1. The summed E-state index contributed by atoms with van der Waals surface area (Å²) in [7, 11) is 1.56. The first-order valence-electron chi connectivity index (χ1n) is 8.55. The van der Waals surface area contributed by atoms with Gasteiger partial charge in [0.2, 0.25) is 0 Å². The predicted octanol–water partition coefficient (Wildman–Crippen LogP) is 4.07. The molecule has 1 atom stereocenters. The van der Waals surface area contributed by atoms with Crippen LogP contribution in [0, 0.1) is 0 Å². The predicted molar refractivity (Wildman–Crippen MR) is 101 cm³/mol. The van der Waals surface area contributed by atoms with Gasteiger partial charge in [0, 0.05) is 11.1 Å². The van der Waals surface area contributed by atoms with Crippen LogP contribution in [-0.4, -0.2) is 25.0 Å². The van der Waals surface area contributed by atoms with Crippen LogP contribution in [0.3, 0.4) is 0 Å². The maximum absolute atomic E-state index is 13.1. The van der Waals surface area contributed by atoms with Crippen LogP contribution in [0.5, 0.6) is 11.5 Å². The number of amides is 2.